The van der Waals surface area contributed by atoms with Crippen molar-refractivity contribution in [3.63, 3.8) is 0 Å². The molecule has 1 amide bonds. The molecule has 3 aromatic rings. The standard InChI is InChI=1S/C17H15N3O2S/c1-12-16(20-22-19-12)18-17(21)14-9-7-13(8-10-14)11-23-15-5-3-2-4-6-15/h2-10H,11H2,1H3,(H,18,20,21). The van der Waals surface area contributed by atoms with Crippen molar-refractivity contribution in [2.75, 3.05) is 5.32 Å². The summed E-state index contributed by atoms with van der Waals surface area (Å²) in [7, 11) is 0. The van der Waals surface area contributed by atoms with Gasteiger partial charge in [0.15, 0.2) is 0 Å². The van der Waals surface area contributed by atoms with Crippen molar-refractivity contribution in [1.82, 2.24) is 10.3 Å². The molecule has 23 heavy (non-hydrogen) atoms. The van der Waals surface area contributed by atoms with Crippen LogP contribution in [0.2, 0.25) is 0 Å². The zero-order chi connectivity index (χ0) is 16.1. The minimum Gasteiger partial charge on any atom is -0.302 e. The fourth-order valence-electron chi connectivity index (χ4n) is 1.96. The van der Waals surface area contributed by atoms with Gasteiger partial charge in [-0.25, -0.2) is 4.63 Å². The van der Waals surface area contributed by atoms with E-state index < -0.39 is 0 Å². The highest BCUT2D eigenvalue weighted by atomic mass is 32.2. The molecule has 0 fully saturated rings. The van der Waals surface area contributed by atoms with Crippen LogP contribution >= 0.6 is 11.8 Å². The zero-order valence-corrected chi connectivity index (χ0v) is 13.3. The minimum absolute atomic E-state index is 0.230. The fraction of sp³-hybridized carbons (Fsp3) is 0.118. The zero-order valence-electron chi connectivity index (χ0n) is 12.5. The number of rotatable bonds is 5. The lowest BCUT2D eigenvalue weighted by Gasteiger charge is -2.05. The fourth-order valence-corrected chi connectivity index (χ4v) is 2.84. The maximum Gasteiger partial charge on any atom is 0.256 e. The van der Waals surface area contributed by atoms with E-state index in [9.17, 15) is 4.79 Å². The van der Waals surface area contributed by atoms with E-state index in [2.05, 4.69) is 32.4 Å². The highest BCUT2D eigenvalue weighted by Crippen LogP contribution is 2.22. The molecule has 2 aromatic carbocycles. The third kappa shape index (κ3) is 3.98. The number of thioether (sulfide) groups is 1. The SMILES string of the molecule is Cc1nonc1NC(=O)c1ccc(CSc2ccccc2)cc1. The Morgan fingerprint density at radius 2 is 1.83 bits per heavy atom. The van der Waals surface area contributed by atoms with E-state index in [0.29, 0.717) is 17.1 Å². The number of carbonyl (C=O) groups excluding carboxylic acids is 1. The van der Waals surface area contributed by atoms with Gasteiger partial charge in [-0.05, 0) is 41.9 Å². The first-order chi connectivity index (χ1) is 11.2. The Morgan fingerprint density at radius 3 is 2.48 bits per heavy atom. The molecule has 0 spiro atoms. The Balaban J connectivity index is 1.60. The number of hydrogen-bond donors (Lipinski definition) is 1. The summed E-state index contributed by atoms with van der Waals surface area (Å²) >= 11 is 1.76. The van der Waals surface area contributed by atoms with E-state index in [1.54, 1.807) is 30.8 Å². The second kappa shape index (κ2) is 7.11. The molecular weight excluding hydrogens is 310 g/mol. The molecule has 0 aliphatic rings. The number of carbonyl (C=O) groups is 1. The van der Waals surface area contributed by atoms with Crippen molar-refractivity contribution >= 4 is 23.5 Å². The van der Waals surface area contributed by atoms with Crippen LogP contribution in [0.4, 0.5) is 5.82 Å². The second-order valence-corrected chi connectivity index (χ2v) is 6.00. The third-order valence-corrected chi connectivity index (χ3v) is 4.33. The van der Waals surface area contributed by atoms with Crippen LogP contribution in [-0.2, 0) is 5.75 Å². The molecule has 0 saturated heterocycles. The summed E-state index contributed by atoms with van der Waals surface area (Å²) in [5, 5.41) is 9.94. The first-order valence-electron chi connectivity index (χ1n) is 7.09. The number of aryl methyl sites for hydroxylation is 1. The summed E-state index contributed by atoms with van der Waals surface area (Å²) in [5.74, 6) is 0.975. The largest absolute Gasteiger partial charge is 0.302 e. The molecule has 0 atom stereocenters. The van der Waals surface area contributed by atoms with Crippen LogP contribution in [0, 0.1) is 6.92 Å². The van der Waals surface area contributed by atoms with Gasteiger partial charge in [-0.2, -0.15) is 0 Å². The average Bonchev–Trinajstić information content (AvgIpc) is 2.99. The van der Waals surface area contributed by atoms with Crippen LogP contribution in [0.1, 0.15) is 21.6 Å². The van der Waals surface area contributed by atoms with Gasteiger partial charge in [-0.3, -0.25) is 4.79 Å². The molecule has 0 radical (unpaired) electrons. The van der Waals surface area contributed by atoms with Crippen molar-refractivity contribution in [1.29, 1.82) is 0 Å². The summed E-state index contributed by atoms with van der Waals surface area (Å²) in [6.45, 7) is 1.72. The van der Waals surface area contributed by atoms with Crippen LogP contribution in [0.3, 0.4) is 0 Å². The highest BCUT2D eigenvalue weighted by Gasteiger charge is 2.11. The number of amides is 1. The molecule has 0 unspecified atom stereocenters. The molecule has 3 rings (SSSR count). The Kier molecular flexibility index (Phi) is 4.73. The molecule has 116 valence electrons. The molecule has 1 aromatic heterocycles. The monoisotopic (exact) mass is 325 g/mol. The van der Waals surface area contributed by atoms with E-state index >= 15 is 0 Å². The van der Waals surface area contributed by atoms with Gasteiger partial charge < -0.3 is 5.32 Å². The molecule has 6 heteroatoms. The average molecular weight is 325 g/mol. The lowest BCUT2D eigenvalue weighted by molar-refractivity contribution is 0.102. The van der Waals surface area contributed by atoms with E-state index in [1.165, 1.54) is 4.90 Å². The topological polar surface area (TPSA) is 68.0 Å². The van der Waals surface area contributed by atoms with Gasteiger partial charge in [0.25, 0.3) is 5.91 Å². The quantitative estimate of drug-likeness (QED) is 0.720. The summed E-state index contributed by atoms with van der Waals surface area (Å²) in [5.41, 5.74) is 2.28. The summed E-state index contributed by atoms with van der Waals surface area (Å²) < 4.78 is 4.56. The van der Waals surface area contributed by atoms with Crippen molar-refractivity contribution in [2.24, 2.45) is 0 Å². The number of nitrogens with zero attached hydrogens (tertiary/aromatic N) is 2. The predicted octanol–water partition coefficient (Wildman–Crippen LogP) is 3.92. The van der Waals surface area contributed by atoms with Gasteiger partial charge in [0.2, 0.25) is 5.82 Å². The van der Waals surface area contributed by atoms with Crippen LogP contribution < -0.4 is 5.32 Å². The normalized spacial score (nSPS) is 10.5. The number of aromatic nitrogens is 2. The molecule has 1 N–H and O–H groups in total. The second-order valence-electron chi connectivity index (χ2n) is 4.95. The smallest absolute Gasteiger partial charge is 0.256 e. The lowest BCUT2D eigenvalue weighted by Crippen LogP contribution is -2.12. The highest BCUT2D eigenvalue weighted by molar-refractivity contribution is 7.98. The van der Waals surface area contributed by atoms with Crippen LogP contribution in [-0.4, -0.2) is 16.2 Å². The lowest BCUT2D eigenvalue weighted by atomic mass is 10.1. The predicted molar refractivity (Wildman–Crippen MR) is 89.4 cm³/mol. The number of nitrogens with one attached hydrogen (secondary N) is 1. The van der Waals surface area contributed by atoms with E-state index in [1.807, 2.05) is 30.3 Å². The van der Waals surface area contributed by atoms with Crippen LogP contribution in [0.5, 0.6) is 0 Å². The third-order valence-electron chi connectivity index (χ3n) is 3.25. The molecule has 0 saturated carbocycles. The van der Waals surface area contributed by atoms with Gasteiger partial charge in [0.05, 0.1) is 0 Å². The molecule has 1 heterocycles. The van der Waals surface area contributed by atoms with Crippen molar-refractivity contribution in [3.05, 3.63) is 71.4 Å². The minimum atomic E-state index is -0.230. The van der Waals surface area contributed by atoms with Gasteiger partial charge in [0.1, 0.15) is 5.69 Å². The van der Waals surface area contributed by atoms with Crippen LogP contribution in [0.25, 0.3) is 0 Å². The van der Waals surface area contributed by atoms with Crippen molar-refractivity contribution in [2.45, 2.75) is 17.6 Å². The Morgan fingerprint density at radius 1 is 1.09 bits per heavy atom. The molecule has 0 bridgehead atoms. The number of anilines is 1. The van der Waals surface area contributed by atoms with Gasteiger partial charge in [-0.1, -0.05) is 35.5 Å². The molecular formula is C17H15N3O2S. The van der Waals surface area contributed by atoms with E-state index in [-0.39, 0.29) is 5.91 Å². The van der Waals surface area contributed by atoms with Gasteiger partial charge >= 0.3 is 0 Å². The van der Waals surface area contributed by atoms with Crippen molar-refractivity contribution < 1.29 is 9.42 Å². The number of benzene rings is 2. The summed E-state index contributed by atoms with van der Waals surface area (Å²) in [6, 6.07) is 17.7. The summed E-state index contributed by atoms with van der Waals surface area (Å²) in [4.78, 5) is 13.4. The van der Waals surface area contributed by atoms with Gasteiger partial charge in [0, 0.05) is 16.2 Å². The van der Waals surface area contributed by atoms with Gasteiger partial charge in [-0.15, -0.1) is 11.8 Å². The molecule has 0 aliphatic heterocycles. The van der Waals surface area contributed by atoms with E-state index in [0.717, 1.165) is 11.3 Å². The summed E-state index contributed by atoms with van der Waals surface area (Å²) in [6.07, 6.45) is 0. The number of hydrogen-bond acceptors (Lipinski definition) is 5. The van der Waals surface area contributed by atoms with E-state index in [4.69, 9.17) is 0 Å². The van der Waals surface area contributed by atoms with Crippen LogP contribution in [0.15, 0.2) is 64.1 Å². The first-order valence-corrected chi connectivity index (χ1v) is 8.08. The molecule has 5 nitrogen and oxygen atoms in total. The van der Waals surface area contributed by atoms with Crippen molar-refractivity contribution in [3.8, 4) is 0 Å². The maximum absolute atomic E-state index is 12.1. The maximum atomic E-state index is 12.1. The Labute approximate surface area is 138 Å². The first kappa shape index (κ1) is 15.3. The Bertz CT molecular complexity index is 785. The Hall–Kier alpha value is -2.60. The molecule has 0 aliphatic carbocycles.